The number of pyridine rings is 1. The molecule has 1 atom stereocenters. The minimum absolute atomic E-state index is 0.00796. The van der Waals surface area contributed by atoms with Gasteiger partial charge in [0.2, 0.25) is 0 Å². The third-order valence-corrected chi connectivity index (χ3v) is 4.05. The molecule has 0 saturated carbocycles. The number of aromatic nitrogens is 1. The molecule has 1 unspecified atom stereocenters. The number of nitrogens with one attached hydrogen (secondary N) is 1. The Morgan fingerprint density at radius 3 is 2.89 bits per heavy atom. The van der Waals surface area contributed by atoms with Crippen LogP contribution in [0, 0.1) is 5.82 Å². The van der Waals surface area contributed by atoms with E-state index in [1.54, 1.807) is 18.5 Å². The van der Waals surface area contributed by atoms with Crippen molar-refractivity contribution in [3.8, 4) is 0 Å². The maximum atomic E-state index is 13.3. The molecule has 2 aromatic rings. The van der Waals surface area contributed by atoms with Crippen LogP contribution in [0.4, 0.5) is 4.39 Å². The zero-order valence-electron chi connectivity index (χ0n) is 10.3. The van der Waals surface area contributed by atoms with Crippen molar-refractivity contribution in [3.63, 3.8) is 0 Å². The number of hydrogen-bond acceptors (Lipinski definition) is 2. The van der Waals surface area contributed by atoms with E-state index < -0.39 is 0 Å². The summed E-state index contributed by atoms with van der Waals surface area (Å²) in [4.78, 5) is 3.97. The molecule has 0 spiro atoms. The van der Waals surface area contributed by atoms with Crippen LogP contribution in [0.3, 0.4) is 0 Å². The van der Waals surface area contributed by atoms with E-state index in [-0.39, 0.29) is 11.9 Å². The van der Waals surface area contributed by atoms with Crippen LogP contribution < -0.4 is 5.32 Å². The molecule has 0 aliphatic carbocycles. The lowest BCUT2D eigenvalue weighted by atomic mass is 10.00. The second kappa shape index (κ2) is 6.46. The van der Waals surface area contributed by atoms with E-state index in [1.165, 1.54) is 12.1 Å². The van der Waals surface area contributed by atoms with Crippen LogP contribution in [-0.4, -0.2) is 12.0 Å². The van der Waals surface area contributed by atoms with Crippen LogP contribution in [0.25, 0.3) is 0 Å². The zero-order valence-corrected chi connectivity index (χ0v) is 12.7. The summed E-state index contributed by atoms with van der Waals surface area (Å²) in [5.74, 6) is -0.242. The van der Waals surface area contributed by atoms with Crippen molar-refractivity contribution in [2.45, 2.75) is 12.5 Å². The number of rotatable bonds is 4. The highest BCUT2D eigenvalue weighted by Crippen LogP contribution is 2.27. The molecule has 19 heavy (non-hydrogen) atoms. The van der Waals surface area contributed by atoms with Crippen molar-refractivity contribution in [2.24, 2.45) is 0 Å². The second-order valence-corrected chi connectivity index (χ2v) is 5.44. The fourth-order valence-corrected chi connectivity index (χ4v) is 2.62. The first-order chi connectivity index (χ1) is 9.11. The Kier molecular flexibility index (Phi) is 4.91. The van der Waals surface area contributed by atoms with Crippen molar-refractivity contribution in [1.29, 1.82) is 0 Å². The third-order valence-electron chi connectivity index (χ3n) is 2.96. The van der Waals surface area contributed by atoms with Gasteiger partial charge in [0.25, 0.3) is 0 Å². The van der Waals surface area contributed by atoms with Gasteiger partial charge in [-0.15, -0.1) is 0 Å². The summed E-state index contributed by atoms with van der Waals surface area (Å²) < 4.78 is 14.2. The van der Waals surface area contributed by atoms with Gasteiger partial charge in [-0.25, -0.2) is 4.39 Å². The predicted molar refractivity (Wildman–Crippen MR) is 78.9 cm³/mol. The summed E-state index contributed by atoms with van der Waals surface area (Å²) in [5, 5.41) is 3.80. The second-order valence-electron chi connectivity index (χ2n) is 4.18. The van der Waals surface area contributed by atoms with Gasteiger partial charge >= 0.3 is 0 Å². The van der Waals surface area contributed by atoms with Crippen LogP contribution in [0.15, 0.2) is 41.1 Å². The highest BCUT2D eigenvalue weighted by atomic mass is 79.9. The topological polar surface area (TPSA) is 24.9 Å². The lowest BCUT2D eigenvalue weighted by molar-refractivity contribution is 0.582. The monoisotopic (exact) mass is 342 g/mol. The van der Waals surface area contributed by atoms with Gasteiger partial charge in [-0.3, -0.25) is 4.98 Å². The Morgan fingerprint density at radius 2 is 2.21 bits per heavy atom. The summed E-state index contributed by atoms with van der Waals surface area (Å²) in [6.07, 6.45) is 3.95. The molecule has 2 rings (SSSR count). The largest absolute Gasteiger partial charge is 0.313 e. The molecule has 1 N–H and O–H groups in total. The van der Waals surface area contributed by atoms with Gasteiger partial charge in [0.15, 0.2) is 0 Å². The molecule has 0 saturated heterocycles. The Hall–Kier alpha value is -0.970. The number of likely N-dealkylation sites (N-methyl/N-ethyl adjacent to an activating group) is 1. The Bertz CT molecular complexity index is 577. The summed E-state index contributed by atoms with van der Waals surface area (Å²) >= 11 is 9.59. The maximum absolute atomic E-state index is 13.3. The molecule has 0 fully saturated rings. The number of nitrogens with zero attached hydrogens (tertiary/aromatic N) is 1. The molecule has 100 valence electrons. The van der Waals surface area contributed by atoms with Gasteiger partial charge in [0.05, 0.1) is 5.02 Å². The Morgan fingerprint density at radius 1 is 1.42 bits per heavy atom. The zero-order chi connectivity index (χ0) is 13.8. The molecule has 1 aromatic heterocycles. The van der Waals surface area contributed by atoms with Gasteiger partial charge in [-0.05, 0) is 48.9 Å². The van der Waals surface area contributed by atoms with E-state index in [9.17, 15) is 4.39 Å². The fraction of sp³-hybridized carbons (Fsp3) is 0.214. The molecular weight excluding hydrogens is 331 g/mol. The Balaban J connectivity index is 2.29. The molecule has 1 heterocycles. The van der Waals surface area contributed by atoms with E-state index in [1.807, 2.05) is 13.1 Å². The lowest BCUT2D eigenvalue weighted by Gasteiger charge is -2.18. The molecule has 0 radical (unpaired) electrons. The average Bonchev–Trinajstić information content (AvgIpc) is 2.41. The van der Waals surface area contributed by atoms with Crippen molar-refractivity contribution < 1.29 is 4.39 Å². The van der Waals surface area contributed by atoms with Crippen LogP contribution >= 0.6 is 27.5 Å². The van der Waals surface area contributed by atoms with Gasteiger partial charge < -0.3 is 5.32 Å². The number of halogens is 3. The summed E-state index contributed by atoms with van der Waals surface area (Å²) in [6.45, 7) is 0. The van der Waals surface area contributed by atoms with Crippen LogP contribution in [0.5, 0.6) is 0 Å². The summed E-state index contributed by atoms with van der Waals surface area (Å²) in [7, 11) is 1.86. The molecule has 2 nitrogen and oxygen atoms in total. The maximum Gasteiger partial charge on any atom is 0.123 e. The minimum Gasteiger partial charge on any atom is -0.313 e. The molecule has 0 aliphatic rings. The molecule has 1 aromatic carbocycles. The quantitative estimate of drug-likeness (QED) is 0.902. The SMILES string of the molecule is CNC(Cc1cc(F)ccc1Br)c1ccncc1Cl. The van der Waals surface area contributed by atoms with Crippen LogP contribution in [-0.2, 0) is 6.42 Å². The minimum atomic E-state index is -0.242. The highest BCUT2D eigenvalue weighted by molar-refractivity contribution is 9.10. The van der Waals surface area contributed by atoms with Crippen molar-refractivity contribution in [1.82, 2.24) is 10.3 Å². The van der Waals surface area contributed by atoms with Crippen LogP contribution in [0.2, 0.25) is 5.02 Å². The summed E-state index contributed by atoms with van der Waals surface area (Å²) in [6, 6.07) is 6.56. The highest BCUT2D eigenvalue weighted by Gasteiger charge is 2.15. The van der Waals surface area contributed by atoms with Gasteiger partial charge in [0, 0.05) is 22.9 Å². The number of hydrogen-bond donors (Lipinski definition) is 1. The molecule has 0 bridgehead atoms. The molecule has 0 aliphatic heterocycles. The fourth-order valence-electron chi connectivity index (χ4n) is 1.96. The first-order valence-electron chi connectivity index (χ1n) is 5.82. The molecule has 0 amide bonds. The van der Waals surface area contributed by atoms with E-state index in [0.717, 1.165) is 15.6 Å². The van der Waals surface area contributed by atoms with Crippen molar-refractivity contribution >= 4 is 27.5 Å². The smallest absolute Gasteiger partial charge is 0.123 e. The standard InChI is InChI=1S/C14H13BrClFN2/c1-18-14(11-4-5-19-8-13(11)16)7-9-6-10(17)2-3-12(9)15/h2-6,8,14,18H,7H2,1H3. The Labute approximate surface area is 125 Å². The van der Waals surface area contributed by atoms with Crippen molar-refractivity contribution in [2.75, 3.05) is 7.05 Å². The van der Waals surface area contributed by atoms with Gasteiger partial charge in [-0.2, -0.15) is 0 Å². The van der Waals surface area contributed by atoms with E-state index in [2.05, 4.69) is 26.2 Å². The van der Waals surface area contributed by atoms with Crippen LogP contribution in [0.1, 0.15) is 17.2 Å². The number of benzene rings is 1. The first kappa shape index (κ1) is 14.4. The first-order valence-corrected chi connectivity index (χ1v) is 6.99. The van der Waals surface area contributed by atoms with E-state index in [4.69, 9.17) is 11.6 Å². The van der Waals surface area contributed by atoms with Gasteiger partial charge in [-0.1, -0.05) is 27.5 Å². The third kappa shape index (κ3) is 3.53. The lowest BCUT2D eigenvalue weighted by Crippen LogP contribution is -2.19. The normalized spacial score (nSPS) is 12.4. The van der Waals surface area contributed by atoms with E-state index >= 15 is 0 Å². The predicted octanol–water partition coefficient (Wildman–Crippen LogP) is 4.14. The average molecular weight is 344 g/mol. The molecule has 5 heteroatoms. The molecular formula is C14H13BrClFN2. The summed E-state index contributed by atoms with van der Waals surface area (Å²) in [5.41, 5.74) is 1.85. The van der Waals surface area contributed by atoms with E-state index in [0.29, 0.717) is 11.4 Å². The van der Waals surface area contributed by atoms with Gasteiger partial charge in [0.1, 0.15) is 5.82 Å². The van der Waals surface area contributed by atoms with Crippen molar-refractivity contribution in [3.05, 3.63) is 63.1 Å².